The van der Waals surface area contributed by atoms with Crippen LogP contribution in [0.15, 0.2) is 17.1 Å². The molecule has 0 aromatic heterocycles. The summed E-state index contributed by atoms with van der Waals surface area (Å²) in [5.74, 6) is 0.913. The van der Waals surface area contributed by atoms with Crippen LogP contribution in [0.4, 0.5) is 0 Å². The number of thioether (sulfide) groups is 1. The van der Waals surface area contributed by atoms with Crippen LogP contribution in [-0.2, 0) is 0 Å². The first-order valence-corrected chi connectivity index (χ1v) is 6.97. The van der Waals surface area contributed by atoms with E-state index in [-0.39, 0.29) is 4.75 Å². The van der Waals surface area contributed by atoms with Crippen molar-refractivity contribution in [1.82, 2.24) is 10.6 Å². The number of hydrogen-bond acceptors (Lipinski definition) is 2. The summed E-state index contributed by atoms with van der Waals surface area (Å²) in [6, 6.07) is 0.517. The van der Waals surface area contributed by atoms with Crippen molar-refractivity contribution >= 4 is 17.7 Å². The molecular formula is C12H23N3S. The molecular weight excluding hydrogens is 218 g/mol. The van der Waals surface area contributed by atoms with Gasteiger partial charge < -0.3 is 10.6 Å². The first kappa shape index (κ1) is 13.4. The molecule has 92 valence electrons. The van der Waals surface area contributed by atoms with Gasteiger partial charge in [-0.15, -0.1) is 0 Å². The quantitative estimate of drug-likeness (QED) is 0.449. The third kappa shape index (κ3) is 4.47. The van der Waals surface area contributed by atoms with Gasteiger partial charge in [0, 0.05) is 24.4 Å². The Morgan fingerprint density at radius 1 is 1.44 bits per heavy atom. The van der Waals surface area contributed by atoms with Crippen molar-refractivity contribution in [2.45, 2.75) is 37.5 Å². The highest BCUT2D eigenvalue weighted by atomic mass is 32.2. The third-order valence-electron chi connectivity index (χ3n) is 2.81. The highest BCUT2D eigenvalue weighted by Crippen LogP contribution is 2.19. The number of nitrogens with one attached hydrogen (secondary N) is 2. The van der Waals surface area contributed by atoms with Crippen molar-refractivity contribution in [3.63, 3.8) is 0 Å². The lowest BCUT2D eigenvalue weighted by molar-refractivity contribution is 0.613. The minimum atomic E-state index is 0.242. The van der Waals surface area contributed by atoms with Crippen LogP contribution in [0.5, 0.6) is 0 Å². The summed E-state index contributed by atoms with van der Waals surface area (Å²) >= 11 is 1.86. The van der Waals surface area contributed by atoms with E-state index in [1.807, 2.05) is 18.8 Å². The van der Waals surface area contributed by atoms with Gasteiger partial charge in [0.05, 0.1) is 0 Å². The van der Waals surface area contributed by atoms with E-state index >= 15 is 0 Å². The van der Waals surface area contributed by atoms with Gasteiger partial charge in [-0.2, -0.15) is 11.8 Å². The molecule has 1 rings (SSSR count). The van der Waals surface area contributed by atoms with E-state index < -0.39 is 0 Å². The Balaban J connectivity index is 2.32. The van der Waals surface area contributed by atoms with Crippen LogP contribution < -0.4 is 10.6 Å². The molecule has 1 aliphatic carbocycles. The molecule has 0 atom stereocenters. The molecule has 0 aromatic carbocycles. The molecule has 0 amide bonds. The molecule has 0 spiro atoms. The second-order valence-corrected chi connectivity index (χ2v) is 6.19. The number of aliphatic imine (C=N–C) groups is 1. The number of rotatable bonds is 4. The topological polar surface area (TPSA) is 36.4 Å². The van der Waals surface area contributed by atoms with Crippen molar-refractivity contribution in [1.29, 1.82) is 0 Å². The highest BCUT2D eigenvalue weighted by molar-refractivity contribution is 7.99. The molecule has 0 radical (unpaired) electrons. The van der Waals surface area contributed by atoms with Crippen LogP contribution in [0.25, 0.3) is 0 Å². The van der Waals surface area contributed by atoms with E-state index in [1.54, 1.807) is 0 Å². The average molecular weight is 241 g/mol. The van der Waals surface area contributed by atoms with Crippen LogP contribution in [-0.4, -0.2) is 36.6 Å². The van der Waals surface area contributed by atoms with E-state index in [2.05, 4.69) is 47.9 Å². The van der Waals surface area contributed by atoms with Gasteiger partial charge in [0.25, 0.3) is 0 Å². The molecule has 0 unspecified atom stereocenters. The maximum atomic E-state index is 4.25. The van der Waals surface area contributed by atoms with Gasteiger partial charge in [0.15, 0.2) is 5.96 Å². The van der Waals surface area contributed by atoms with Crippen LogP contribution in [0, 0.1) is 0 Å². The zero-order chi connectivity index (χ0) is 12.0. The summed E-state index contributed by atoms with van der Waals surface area (Å²) in [4.78, 5) is 4.25. The molecule has 0 bridgehead atoms. The summed E-state index contributed by atoms with van der Waals surface area (Å²) in [5.41, 5.74) is 0. The molecule has 0 heterocycles. The first-order valence-electron chi connectivity index (χ1n) is 5.75. The molecule has 2 N–H and O–H groups in total. The monoisotopic (exact) mass is 241 g/mol. The number of hydrogen-bond donors (Lipinski definition) is 2. The zero-order valence-corrected chi connectivity index (χ0v) is 11.5. The number of nitrogens with zero attached hydrogens (tertiary/aromatic N) is 1. The SMILES string of the molecule is CN=C(NCC(C)(C)SC)NC1CC=CC1. The van der Waals surface area contributed by atoms with E-state index in [1.165, 1.54) is 0 Å². The second-order valence-electron chi connectivity index (χ2n) is 4.67. The maximum absolute atomic E-state index is 4.25. The minimum absolute atomic E-state index is 0.242. The molecule has 0 saturated heterocycles. The summed E-state index contributed by atoms with van der Waals surface area (Å²) in [7, 11) is 1.82. The van der Waals surface area contributed by atoms with Crippen molar-refractivity contribution in [3.05, 3.63) is 12.2 Å². The van der Waals surface area contributed by atoms with Gasteiger partial charge in [-0.25, -0.2) is 0 Å². The maximum Gasteiger partial charge on any atom is 0.191 e. The lowest BCUT2D eigenvalue weighted by Crippen LogP contribution is -2.46. The normalized spacial score (nSPS) is 17.9. The van der Waals surface area contributed by atoms with Gasteiger partial charge in [0.2, 0.25) is 0 Å². The third-order valence-corrected chi connectivity index (χ3v) is 4.06. The number of guanidine groups is 1. The van der Waals surface area contributed by atoms with Gasteiger partial charge in [0.1, 0.15) is 0 Å². The Morgan fingerprint density at radius 3 is 2.56 bits per heavy atom. The van der Waals surface area contributed by atoms with Crippen molar-refractivity contribution in [3.8, 4) is 0 Å². The molecule has 0 saturated carbocycles. The fourth-order valence-corrected chi connectivity index (χ4v) is 1.71. The second kappa shape index (κ2) is 6.18. The van der Waals surface area contributed by atoms with Gasteiger partial charge in [-0.05, 0) is 32.9 Å². The standard InChI is InChI=1S/C12H23N3S/c1-12(2,16-4)9-14-11(13-3)15-10-7-5-6-8-10/h5-6,10H,7-9H2,1-4H3,(H2,13,14,15). The Hall–Kier alpha value is -0.640. The Morgan fingerprint density at radius 2 is 2.06 bits per heavy atom. The van der Waals surface area contributed by atoms with Crippen LogP contribution in [0.1, 0.15) is 26.7 Å². The molecule has 0 aromatic rings. The van der Waals surface area contributed by atoms with E-state index in [0.29, 0.717) is 6.04 Å². The van der Waals surface area contributed by atoms with Crippen molar-refractivity contribution in [2.24, 2.45) is 4.99 Å². The molecule has 1 aliphatic rings. The summed E-state index contributed by atoms with van der Waals surface area (Å²) in [6.45, 7) is 5.39. The molecule has 0 fully saturated rings. The summed E-state index contributed by atoms with van der Waals surface area (Å²) < 4.78 is 0.242. The van der Waals surface area contributed by atoms with E-state index in [0.717, 1.165) is 25.3 Å². The van der Waals surface area contributed by atoms with Gasteiger partial charge >= 0.3 is 0 Å². The Labute approximate surface area is 103 Å². The molecule has 16 heavy (non-hydrogen) atoms. The van der Waals surface area contributed by atoms with Crippen LogP contribution in [0.2, 0.25) is 0 Å². The lowest BCUT2D eigenvalue weighted by atomic mass is 10.2. The van der Waals surface area contributed by atoms with Crippen LogP contribution in [0.3, 0.4) is 0 Å². The Bertz CT molecular complexity index is 263. The summed E-state index contributed by atoms with van der Waals surface area (Å²) in [6.07, 6.45) is 8.78. The predicted octanol–water partition coefficient (Wildman–Crippen LogP) is 2.01. The smallest absolute Gasteiger partial charge is 0.191 e. The largest absolute Gasteiger partial charge is 0.355 e. The molecule has 0 aliphatic heterocycles. The van der Waals surface area contributed by atoms with E-state index in [9.17, 15) is 0 Å². The lowest BCUT2D eigenvalue weighted by Gasteiger charge is -2.25. The van der Waals surface area contributed by atoms with Crippen molar-refractivity contribution < 1.29 is 0 Å². The average Bonchev–Trinajstić information content (AvgIpc) is 2.77. The fraction of sp³-hybridized carbons (Fsp3) is 0.750. The minimum Gasteiger partial charge on any atom is -0.355 e. The summed E-state index contributed by atoms with van der Waals surface area (Å²) in [5, 5.41) is 6.81. The first-order chi connectivity index (χ1) is 7.57. The van der Waals surface area contributed by atoms with Crippen molar-refractivity contribution in [2.75, 3.05) is 19.8 Å². The van der Waals surface area contributed by atoms with Crippen LogP contribution >= 0.6 is 11.8 Å². The van der Waals surface area contributed by atoms with E-state index in [4.69, 9.17) is 0 Å². The fourth-order valence-electron chi connectivity index (χ4n) is 1.49. The Kier molecular flexibility index (Phi) is 5.19. The molecule has 4 heteroatoms. The predicted molar refractivity (Wildman–Crippen MR) is 74.3 cm³/mol. The zero-order valence-electron chi connectivity index (χ0n) is 10.7. The van der Waals surface area contributed by atoms with Gasteiger partial charge in [-0.1, -0.05) is 12.2 Å². The highest BCUT2D eigenvalue weighted by Gasteiger charge is 2.17. The molecule has 3 nitrogen and oxygen atoms in total. The van der Waals surface area contributed by atoms with Gasteiger partial charge in [-0.3, -0.25) is 4.99 Å².